The molecule has 1 aromatic carbocycles. The summed E-state index contributed by atoms with van der Waals surface area (Å²) in [6, 6.07) is 8.52. The topological polar surface area (TPSA) is 26.3 Å². The minimum atomic E-state index is -0.435. The molecule has 2 heteroatoms. The molecule has 0 amide bonds. The van der Waals surface area contributed by atoms with Crippen LogP contribution in [0.5, 0.6) is 0 Å². The van der Waals surface area contributed by atoms with Crippen molar-refractivity contribution in [1.29, 1.82) is 0 Å². The SMILES string of the molecule is CC(C)(C)C(=O)OC1CC2(CCCC2)Cc2ccccc21. The second kappa shape index (κ2) is 5.15. The van der Waals surface area contributed by atoms with Crippen molar-refractivity contribution in [2.24, 2.45) is 10.8 Å². The van der Waals surface area contributed by atoms with E-state index in [2.05, 4.69) is 24.3 Å². The second-order valence-corrected chi connectivity index (χ2v) is 7.93. The molecule has 0 aromatic heterocycles. The molecule has 0 aliphatic heterocycles. The van der Waals surface area contributed by atoms with Gasteiger partial charge in [0.2, 0.25) is 0 Å². The first-order valence-electron chi connectivity index (χ1n) is 8.19. The van der Waals surface area contributed by atoms with Crippen molar-refractivity contribution in [3.05, 3.63) is 35.4 Å². The molecule has 0 saturated heterocycles. The summed E-state index contributed by atoms with van der Waals surface area (Å²) >= 11 is 0. The summed E-state index contributed by atoms with van der Waals surface area (Å²) in [5.41, 5.74) is 2.55. The maximum absolute atomic E-state index is 12.3. The van der Waals surface area contributed by atoms with Crippen molar-refractivity contribution in [1.82, 2.24) is 0 Å². The molecule has 0 bridgehead atoms. The van der Waals surface area contributed by atoms with E-state index in [0.717, 1.165) is 12.8 Å². The van der Waals surface area contributed by atoms with Gasteiger partial charge in [-0.15, -0.1) is 0 Å². The summed E-state index contributed by atoms with van der Waals surface area (Å²) in [5, 5.41) is 0. The summed E-state index contributed by atoms with van der Waals surface area (Å²) in [6.45, 7) is 5.78. The number of rotatable bonds is 1. The zero-order valence-electron chi connectivity index (χ0n) is 13.4. The Morgan fingerprint density at radius 2 is 1.86 bits per heavy atom. The lowest BCUT2D eigenvalue weighted by molar-refractivity contribution is -0.161. The number of ether oxygens (including phenoxy) is 1. The molecule has 3 rings (SSSR count). The molecule has 2 aliphatic carbocycles. The monoisotopic (exact) mass is 286 g/mol. The van der Waals surface area contributed by atoms with Gasteiger partial charge in [0.25, 0.3) is 0 Å². The van der Waals surface area contributed by atoms with E-state index in [9.17, 15) is 4.79 Å². The highest BCUT2D eigenvalue weighted by Crippen LogP contribution is 2.52. The number of hydrogen-bond acceptors (Lipinski definition) is 2. The third kappa shape index (κ3) is 2.86. The lowest BCUT2D eigenvalue weighted by Gasteiger charge is -2.39. The lowest BCUT2D eigenvalue weighted by Crippen LogP contribution is -2.33. The molecule has 1 saturated carbocycles. The maximum Gasteiger partial charge on any atom is 0.311 e. The van der Waals surface area contributed by atoms with Crippen LogP contribution in [-0.4, -0.2) is 5.97 Å². The maximum atomic E-state index is 12.3. The van der Waals surface area contributed by atoms with E-state index in [1.165, 1.54) is 36.8 Å². The Morgan fingerprint density at radius 1 is 1.19 bits per heavy atom. The first kappa shape index (κ1) is 14.6. The molecule has 2 aliphatic rings. The number of benzene rings is 1. The first-order chi connectivity index (χ1) is 9.90. The molecule has 0 radical (unpaired) electrons. The van der Waals surface area contributed by atoms with E-state index in [1.807, 2.05) is 20.8 Å². The molecule has 114 valence electrons. The molecule has 1 aromatic rings. The number of carbonyl (C=O) groups is 1. The molecule has 0 heterocycles. The van der Waals surface area contributed by atoms with Crippen molar-refractivity contribution >= 4 is 5.97 Å². The quantitative estimate of drug-likeness (QED) is 0.692. The van der Waals surface area contributed by atoms with Crippen LogP contribution in [0.2, 0.25) is 0 Å². The number of hydrogen-bond donors (Lipinski definition) is 0. The van der Waals surface area contributed by atoms with Crippen LogP contribution in [0.1, 0.15) is 70.1 Å². The number of esters is 1. The number of carbonyl (C=O) groups excluding carboxylic acids is 1. The van der Waals surface area contributed by atoms with Crippen molar-refractivity contribution in [3.63, 3.8) is 0 Å². The summed E-state index contributed by atoms with van der Waals surface area (Å²) in [4.78, 5) is 12.3. The van der Waals surface area contributed by atoms with Gasteiger partial charge >= 0.3 is 5.97 Å². The van der Waals surface area contributed by atoms with Crippen molar-refractivity contribution in [2.45, 2.75) is 65.4 Å². The average molecular weight is 286 g/mol. The standard InChI is InChI=1S/C19H26O2/c1-18(2,3)17(20)21-16-13-19(10-6-7-11-19)12-14-8-4-5-9-15(14)16/h4-5,8-9,16H,6-7,10-13H2,1-3H3. The van der Waals surface area contributed by atoms with Crippen molar-refractivity contribution < 1.29 is 9.53 Å². The van der Waals surface area contributed by atoms with Crippen LogP contribution in [0.3, 0.4) is 0 Å². The Kier molecular flexibility index (Phi) is 3.59. The molecule has 1 unspecified atom stereocenters. The molecule has 21 heavy (non-hydrogen) atoms. The van der Waals surface area contributed by atoms with Gasteiger partial charge in [-0.1, -0.05) is 37.1 Å². The van der Waals surface area contributed by atoms with Crippen molar-refractivity contribution in [2.75, 3.05) is 0 Å². The van der Waals surface area contributed by atoms with Crippen LogP contribution in [0.15, 0.2) is 24.3 Å². The number of fused-ring (bicyclic) bond motifs is 1. The Hall–Kier alpha value is -1.31. The summed E-state index contributed by atoms with van der Waals surface area (Å²) in [7, 11) is 0. The summed E-state index contributed by atoms with van der Waals surface area (Å²) < 4.78 is 5.93. The van der Waals surface area contributed by atoms with Crippen LogP contribution in [0.25, 0.3) is 0 Å². The van der Waals surface area contributed by atoms with Crippen LogP contribution < -0.4 is 0 Å². The van der Waals surface area contributed by atoms with Crippen LogP contribution >= 0.6 is 0 Å². The molecule has 0 N–H and O–H groups in total. The Bertz CT molecular complexity index is 533. The summed E-state index contributed by atoms with van der Waals surface area (Å²) in [5.74, 6) is -0.0858. The lowest BCUT2D eigenvalue weighted by atomic mass is 9.69. The Labute approximate surface area is 127 Å². The van der Waals surface area contributed by atoms with Crippen molar-refractivity contribution in [3.8, 4) is 0 Å². The largest absolute Gasteiger partial charge is 0.457 e. The molecule has 1 fully saturated rings. The van der Waals surface area contributed by atoms with Gasteiger partial charge in [0, 0.05) is 0 Å². The highest BCUT2D eigenvalue weighted by atomic mass is 16.5. The fourth-order valence-electron chi connectivity index (χ4n) is 3.91. The van der Waals surface area contributed by atoms with E-state index >= 15 is 0 Å². The Morgan fingerprint density at radius 3 is 2.52 bits per heavy atom. The second-order valence-electron chi connectivity index (χ2n) is 7.93. The van der Waals surface area contributed by atoms with Gasteiger partial charge in [-0.3, -0.25) is 4.79 Å². The minimum Gasteiger partial charge on any atom is -0.457 e. The van der Waals surface area contributed by atoms with Gasteiger partial charge in [-0.2, -0.15) is 0 Å². The highest BCUT2D eigenvalue weighted by molar-refractivity contribution is 5.75. The molecule has 2 nitrogen and oxygen atoms in total. The molecule has 1 spiro atoms. The van der Waals surface area contributed by atoms with E-state index < -0.39 is 5.41 Å². The predicted octanol–water partition coefficient (Wildman–Crippen LogP) is 4.82. The van der Waals surface area contributed by atoms with Crippen LogP contribution in [0, 0.1) is 10.8 Å². The molecular formula is C19H26O2. The Balaban J connectivity index is 1.89. The fourth-order valence-corrected chi connectivity index (χ4v) is 3.91. The predicted molar refractivity (Wildman–Crippen MR) is 84.0 cm³/mol. The van der Waals surface area contributed by atoms with Gasteiger partial charge in [0.1, 0.15) is 6.10 Å². The van der Waals surface area contributed by atoms with E-state index in [1.54, 1.807) is 0 Å². The van der Waals surface area contributed by atoms with E-state index in [4.69, 9.17) is 4.74 Å². The average Bonchev–Trinajstić information content (AvgIpc) is 2.85. The van der Waals surface area contributed by atoms with Gasteiger partial charge in [-0.05, 0) is 63.0 Å². The van der Waals surface area contributed by atoms with E-state index in [0.29, 0.717) is 5.41 Å². The van der Waals surface area contributed by atoms with Gasteiger partial charge in [0.15, 0.2) is 0 Å². The molecular weight excluding hydrogens is 260 g/mol. The van der Waals surface area contributed by atoms with Crippen LogP contribution in [-0.2, 0) is 16.0 Å². The van der Waals surface area contributed by atoms with E-state index in [-0.39, 0.29) is 12.1 Å². The van der Waals surface area contributed by atoms with Crippen LogP contribution in [0.4, 0.5) is 0 Å². The van der Waals surface area contributed by atoms with Gasteiger partial charge in [-0.25, -0.2) is 0 Å². The smallest absolute Gasteiger partial charge is 0.311 e. The third-order valence-electron chi connectivity index (χ3n) is 5.11. The zero-order valence-corrected chi connectivity index (χ0v) is 13.4. The third-order valence-corrected chi connectivity index (χ3v) is 5.11. The first-order valence-corrected chi connectivity index (χ1v) is 8.19. The fraction of sp³-hybridized carbons (Fsp3) is 0.632. The highest BCUT2D eigenvalue weighted by Gasteiger charge is 2.42. The zero-order chi connectivity index (χ0) is 15.1. The molecule has 1 atom stereocenters. The normalized spacial score (nSPS) is 23.9. The summed E-state index contributed by atoms with van der Waals surface area (Å²) in [6.07, 6.45) is 7.32. The minimum absolute atomic E-state index is 0.0558. The van der Waals surface area contributed by atoms with Gasteiger partial charge in [0.05, 0.1) is 5.41 Å². The van der Waals surface area contributed by atoms with Gasteiger partial charge < -0.3 is 4.74 Å².